The fourth-order valence-corrected chi connectivity index (χ4v) is 4.80. The summed E-state index contributed by atoms with van der Waals surface area (Å²) >= 11 is 12.3. The molecule has 0 spiro atoms. The minimum Gasteiger partial charge on any atom is -0.492 e. The van der Waals surface area contributed by atoms with Crippen LogP contribution in [-0.2, 0) is 10.0 Å². The van der Waals surface area contributed by atoms with E-state index in [0.29, 0.717) is 29.2 Å². The summed E-state index contributed by atoms with van der Waals surface area (Å²) in [7, 11) is -3.96. The molecule has 0 N–H and O–H groups in total. The molecule has 0 amide bonds. The van der Waals surface area contributed by atoms with E-state index in [0.717, 1.165) is 0 Å². The highest BCUT2D eigenvalue weighted by Gasteiger charge is 2.26. The number of aryl methyl sites for hydroxylation is 1. The van der Waals surface area contributed by atoms with Crippen LogP contribution in [0, 0.1) is 6.92 Å². The molecule has 0 saturated carbocycles. The first kappa shape index (κ1) is 17.1. The van der Waals surface area contributed by atoms with E-state index in [9.17, 15) is 8.42 Å². The predicted octanol–water partition coefficient (Wildman–Crippen LogP) is 4.29. The summed E-state index contributed by atoms with van der Waals surface area (Å²) < 4.78 is 32.7. The molecule has 0 atom stereocenters. The third-order valence-electron chi connectivity index (χ3n) is 3.48. The normalized spacial score (nSPS) is 11.8. The smallest absolute Gasteiger partial charge is 0.271 e. The molecule has 0 fully saturated rings. The molecule has 0 aliphatic carbocycles. The van der Waals surface area contributed by atoms with E-state index in [4.69, 9.17) is 27.9 Å². The first-order chi connectivity index (χ1) is 11.4. The van der Waals surface area contributed by atoms with Gasteiger partial charge in [-0.05, 0) is 32.0 Å². The van der Waals surface area contributed by atoms with Crippen molar-refractivity contribution in [3.63, 3.8) is 0 Å². The number of rotatable bonds is 4. The Morgan fingerprint density at radius 3 is 2.58 bits per heavy atom. The van der Waals surface area contributed by atoms with Crippen molar-refractivity contribution in [2.24, 2.45) is 0 Å². The number of nitrogens with zero attached hydrogens (tertiary/aromatic N) is 2. The number of aromatic nitrogens is 2. The maximum Gasteiger partial charge on any atom is 0.271 e. The molecule has 3 rings (SSSR count). The number of hydrogen-bond donors (Lipinski definition) is 0. The molecule has 24 heavy (non-hydrogen) atoms. The highest BCUT2D eigenvalue weighted by atomic mass is 35.5. The maximum absolute atomic E-state index is 13.1. The van der Waals surface area contributed by atoms with Crippen molar-refractivity contribution >= 4 is 44.3 Å². The van der Waals surface area contributed by atoms with Crippen molar-refractivity contribution in [3.8, 4) is 5.75 Å². The zero-order chi connectivity index (χ0) is 17.5. The van der Waals surface area contributed by atoms with Gasteiger partial charge in [-0.25, -0.2) is 17.4 Å². The van der Waals surface area contributed by atoms with Gasteiger partial charge in [-0.2, -0.15) is 0 Å². The van der Waals surface area contributed by atoms with E-state index in [1.165, 1.54) is 16.1 Å². The number of hydrogen-bond acceptors (Lipinski definition) is 4. The molecule has 0 saturated heterocycles. The Hall–Kier alpha value is -1.76. The average Bonchev–Trinajstić information content (AvgIpc) is 2.87. The predicted molar refractivity (Wildman–Crippen MR) is 94.7 cm³/mol. The molecular weight excluding hydrogens is 371 g/mol. The van der Waals surface area contributed by atoms with Crippen LogP contribution < -0.4 is 4.74 Å². The molecular formula is C16H14Cl2N2O3S. The van der Waals surface area contributed by atoms with Crippen LogP contribution in [0.2, 0.25) is 10.0 Å². The standard InChI is InChI=1S/C16H14Cl2N2O3S/c1-3-23-15-8-12(18)16(9-11(15)17)24(21,22)20-10(2)19-13-6-4-5-7-14(13)20/h4-9H,3H2,1-2H3. The van der Waals surface area contributed by atoms with Crippen molar-refractivity contribution in [2.75, 3.05) is 6.61 Å². The van der Waals surface area contributed by atoms with Gasteiger partial charge in [-0.15, -0.1) is 0 Å². The number of fused-ring (bicyclic) bond motifs is 1. The Labute approximate surface area is 149 Å². The van der Waals surface area contributed by atoms with Crippen LogP contribution in [-0.4, -0.2) is 24.0 Å². The van der Waals surface area contributed by atoms with E-state index in [1.54, 1.807) is 38.1 Å². The van der Waals surface area contributed by atoms with E-state index in [1.807, 2.05) is 0 Å². The minimum atomic E-state index is -3.96. The van der Waals surface area contributed by atoms with Gasteiger partial charge in [0.15, 0.2) is 0 Å². The van der Waals surface area contributed by atoms with Gasteiger partial charge in [-0.3, -0.25) is 0 Å². The second-order valence-corrected chi connectivity index (χ2v) is 7.63. The van der Waals surface area contributed by atoms with Crippen LogP contribution in [0.4, 0.5) is 0 Å². The highest BCUT2D eigenvalue weighted by molar-refractivity contribution is 7.90. The Morgan fingerprint density at radius 1 is 1.17 bits per heavy atom. The summed E-state index contributed by atoms with van der Waals surface area (Å²) in [5, 5.41) is 0.224. The third kappa shape index (κ3) is 2.75. The Bertz CT molecular complexity index is 1030. The van der Waals surface area contributed by atoms with Crippen molar-refractivity contribution in [2.45, 2.75) is 18.7 Å². The zero-order valence-corrected chi connectivity index (χ0v) is 15.3. The first-order valence-corrected chi connectivity index (χ1v) is 9.37. The van der Waals surface area contributed by atoms with Gasteiger partial charge < -0.3 is 4.74 Å². The summed E-state index contributed by atoms with van der Waals surface area (Å²) in [5.74, 6) is 0.688. The number of imidazole rings is 1. The lowest BCUT2D eigenvalue weighted by molar-refractivity contribution is 0.340. The van der Waals surface area contributed by atoms with Crippen LogP contribution in [0.25, 0.3) is 11.0 Å². The fraction of sp³-hybridized carbons (Fsp3) is 0.188. The van der Waals surface area contributed by atoms with E-state index < -0.39 is 10.0 Å². The van der Waals surface area contributed by atoms with Gasteiger partial charge in [0.2, 0.25) is 0 Å². The lowest BCUT2D eigenvalue weighted by Gasteiger charge is -2.13. The van der Waals surface area contributed by atoms with Crippen LogP contribution in [0.1, 0.15) is 12.7 Å². The third-order valence-corrected chi connectivity index (χ3v) is 6.04. The molecule has 126 valence electrons. The van der Waals surface area contributed by atoms with Crippen molar-refractivity contribution in [1.82, 2.24) is 8.96 Å². The molecule has 0 bridgehead atoms. The SMILES string of the molecule is CCOc1cc(Cl)c(S(=O)(=O)n2c(C)nc3ccccc32)cc1Cl. The molecule has 8 heteroatoms. The molecule has 1 heterocycles. The molecule has 5 nitrogen and oxygen atoms in total. The monoisotopic (exact) mass is 384 g/mol. The number of benzene rings is 2. The molecule has 0 aliphatic heterocycles. The van der Waals surface area contributed by atoms with Crippen molar-refractivity contribution < 1.29 is 13.2 Å². The lowest BCUT2D eigenvalue weighted by Crippen LogP contribution is -2.15. The molecule has 0 radical (unpaired) electrons. The van der Waals surface area contributed by atoms with Crippen LogP contribution in [0.5, 0.6) is 5.75 Å². The maximum atomic E-state index is 13.1. The number of para-hydroxylation sites is 2. The molecule has 1 aromatic heterocycles. The second kappa shape index (κ2) is 6.27. The van der Waals surface area contributed by atoms with Gasteiger partial charge in [-0.1, -0.05) is 35.3 Å². The average molecular weight is 385 g/mol. The molecule has 3 aromatic rings. The summed E-state index contributed by atoms with van der Waals surface area (Å²) in [6.07, 6.45) is 0. The number of halogens is 2. The quantitative estimate of drug-likeness (QED) is 0.672. The topological polar surface area (TPSA) is 61.2 Å². The van der Waals surface area contributed by atoms with Gasteiger partial charge in [0.25, 0.3) is 10.0 Å². The van der Waals surface area contributed by atoms with Gasteiger partial charge in [0.1, 0.15) is 16.5 Å². The van der Waals surface area contributed by atoms with Gasteiger partial charge >= 0.3 is 0 Å². The Morgan fingerprint density at radius 2 is 1.88 bits per heavy atom. The largest absolute Gasteiger partial charge is 0.492 e. The van der Waals surface area contributed by atoms with E-state index in [-0.39, 0.29) is 14.9 Å². The molecule has 2 aromatic carbocycles. The van der Waals surface area contributed by atoms with Gasteiger partial charge in [0.05, 0.1) is 27.7 Å². The summed E-state index contributed by atoms with van der Waals surface area (Å²) in [4.78, 5) is 4.19. The highest BCUT2D eigenvalue weighted by Crippen LogP contribution is 2.35. The van der Waals surface area contributed by atoms with E-state index >= 15 is 0 Å². The van der Waals surface area contributed by atoms with Crippen LogP contribution >= 0.6 is 23.2 Å². The van der Waals surface area contributed by atoms with Crippen molar-refractivity contribution in [1.29, 1.82) is 0 Å². The van der Waals surface area contributed by atoms with Crippen LogP contribution in [0.3, 0.4) is 0 Å². The fourth-order valence-electron chi connectivity index (χ4n) is 2.50. The molecule has 0 unspecified atom stereocenters. The number of ether oxygens (including phenoxy) is 1. The second-order valence-electron chi connectivity index (χ2n) is 5.06. The van der Waals surface area contributed by atoms with Crippen molar-refractivity contribution in [3.05, 3.63) is 52.3 Å². The first-order valence-electron chi connectivity index (χ1n) is 7.17. The lowest BCUT2D eigenvalue weighted by atomic mass is 10.3. The summed E-state index contributed by atoms with van der Waals surface area (Å²) in [6.45, 7) is 3.82. The Balaban J connectivity index is 2.24. The Kier molecular flexibility index (Phi) is 4.46. The summed E-state index contributed by atoms with van der Waals surface area (Å²) in [5.41, 5.74) is 1.07. The summed E-state index contributed by atoms with van der Waals surface area (Å²) in [6, 6.07) is 9.71. The minimum absolute atomic E-state index is 0.0417. The van der Waals surface area contributed by atoms with Crippen LogP contribution in [0.15, 0.2) is 41.3 Å². The molecule has 0 aliphatic rings. The van der Waals surface area contributed by atoms with E-state index in [2.05, 4.69) is 4.98 Å². The van der Waals surface area contributed by atoms with Gasteiger partial charge in [0, 0.05) is 6.07 Å². The zero-order valence-electron chi connectivity index (χ0n) is 13.0.